The molecule has 1 aliphatic rings. The zero-order valence-electron chi connectivity index (χ0n) is 11.2. The zero-order valence-corrected chi connectivity index (χ0v) is 12.0. The maximum atomic E-state index is 12.1. The van der Waals surface area contributed by atoms with E-state index < -0.39 is 6.10 Å². The lowest BCUT2D eigenvalue weighted by Gasteiger charge is -2.29. The molecule has 0 bridgehead atoms. The molecule has 1 fully saturated rings. The van der Waals surface area contributed by atoms with Crippen LogP contribution in [0, 0.1) is 0 Å². The first-order valence-electron chi connectivity index (χ1n) is 6.74. The van der Waals surface area contributed by atoms with Crippen LogP contribution in [0.4, 0.5) is 0 Å². The second kappa shape index (κ2) is 7.64. The summed E-state index contributed by atoms with van der Waals surface area (Å²) in [6.45, 7) is 1.52. The summed E-state index contributed by atoms with van der Waals surface area (Å²) in [7, 11) is 0. The summed E-state index contributed by atoms with van der Waals surface area (Å²) in [4.78, 5) is 13.1. The van der Waals surface area contributed by atoms with Crippen LogP contribution < -0.4 is 10.6 Å². The van der Waals surface area contributed by atoms with Crippen LogP contribution in [0.25, 0.3) is 0 Å². The molecule has 0 aromatic heterocycles. The van der Waals surface area contributed by atoms with E-state index in [9.17, 15) is 9.90 Å². The third-order valence-electron chi connectivity index (χ3n) is 3.24. The molecular weight excluding hydrogens is 276 g/mol. The molecule has 0 saturated carbocycles. The fourth-order valence-electron chi connectivity index (χ4n) is 2.11. The summed E-state index contributed by atoms with van der Waals surface area (Å²) in [5, 5.41) is 24.6. The number of aliphatic hydroxyl groups is 2. The quantitative estimate of drug-likeness (QED) is 0.585. The summed E-state index contributed by atoms with van der Waals surface area (Å²) < 4.78 is 0. The van der Waals surface area contributed by atoms with Gasteiger partial charge in [-0.1, -0.05) is 0 Å². The number of nitrogens with one attached hydrogen (secondary N) is 2. The maximum absolute atomic E-state index is 12.1. The number of carbonyl (C=O) groups is 1. The monoisotopic (exact) mass is 296 g/mol. The molecule has 0 unspecified atom stereocenters. The van der Waals surface area contributed by atoms with E-state index >= 15 is 0 Å². The summed E-state index contributed by atoms with van der Waals surface area (Å²) >= 11 is 1.55. The number of hydrogen-bond donors (Lipinski definition) is 4. The topological polar surface area (TPSA) is 81.6 Å². The van der Waals surface area contributed by atoms with Crippen LogP contribution >= 0.6 is 11.8 Å². The third kappa shape index (κ3) is 4.21. The van der Waals surface area contributed by atoms with Gasteiger partial charge in [-0.05, 0) is 37.2 Å². The first-order chi connectivity index (χ1) is 9.70. The van der Waals surface area contributed by atoms with Crippen LogP contribution in [0.3, 0.4) is 0 Å². The minimum absolute atomic E-state index is 0.138. The Morgan fingerprint density at radius 1 is 1.40 bits per heavy atom. The Morgan fingerprint density at radius 3 is 2.80 bits per heavy atom. The van der Waals surface area contributed by atoms with Gasteiger partial charge in [-0.2, -0.15) is 0 Å². The minimum Gasteiger partial charge on any atom is -0.396 e. The molecule has 1 saturated heterocycles. The normalized spacial score (nSPS) is 22.5. The molecule has 1 heterocycles. The Morgan fingerprint density at radius 2 is 2.15 bits per heavy atom. The smallest absolute Gasteiger partial charge is 0.251 e. The summed E-state index contributed by atoms with van der Waals surface area (Å²) in [5.74, 6) is 0.474. The van der Waals surface area contributed by atoms with Crippen molar-refractivity contribution in [3.63, 3.8) is 0 Å². The Bertz CT molecular complexity index is 439. The molecule has 2 atom stereocenters. The molecule has 0 aliphatic carbocycles. The highest BCUT2D eigenvalue weighted by molar-refractivity contribution is 7.99. The predicted molar refractivity (Wildman–Crippen MR) is 79.0 cm³/mol. The van der Waals surface area contributed by atoms with Crippen molar-refractivity contribution in [3.05, 3.63) is 29.8 Å². The molecule has 2 rings (SSSR count). The first kappa shape index (κ1) is 15.3. The van der Waals surface area contributed by atoms with Gasteiger partial charge >= 0.3 is 0 Å². The predicted octanol–water partition coefficient (Wildman–Crippen LogP) is 0.224. The minimum atomic E-state index is -0.486. The molecule has 110 valence electrons. The summed E-state index contributed by atoms with van der Waals surface area (Å²) in [5.41, 5.74) is 0.580. The van der Waals surface area contributed by atoms with Crippen LogP contribution in [0.2, 0.25) is 0 Å². The Hall–Kier alpha value is -1.08. The average Bonchev–Trinajstić information content (AvgIpc) is 2.48. The fraction of sp³-hybridized carbons (Fsp3) is 0.500. The van der Waals surface area contributed by atoms with E-state index in [1.807, 2.05) is 12.1 Å². The van der Waals surface area contributed by atoms with Crippen molar-refractivity contribution >= 4 is 17.7 Å². The zero-order chi connectivity index (χ0) is 14.4. The van der Waals surface area contributed by atoms with Gasteiger partial charge in [0.25, 0.3) is 5.91 Å². The van der Waals surface area contributed by atoms with E-state index in [0.29, 0.717) is 24.3 Å². The SMILES string of the molecule is O=C(N[C@H]1CNCC[C@H]1O)c1ccc(SCCO)cc1. The maximum Gasteiger partial charge on any atom is 0.251 e. The Kier molecular flexibility index (Phi) is 5.85. The van der Waals surface area contributed by atoms with E-state index in [-0.39, 0.29) is 18.6 Å². The lowest BCUT2D eigenvalue weighted by molar-refractivity contribution is 0.0755. The molecular formula is C14H20N2O3S. The van der Waals surface area contributed by atoms with Crippen molar-refractivity contribution < 1.29 is 15.0 Å². The van der Waals surface area contributed by atoms with Crippen molar-refractivity contribution in [2.75, 3.05) is 25.4 Å². The van der Waals surface area contributed by atoms with Crippen molar-refractivity contribution in [1.29, 1.82) is 0 Å². The first-order valence-corrected chi connectivity index (χ1v) is 7.72. The molecule has 6 heteroatoms. The fourth-order valence-corrected chi connectivity index (χ4v) is 2.77. The molecule has 1 aliphatic heterocycles. The highest BCUT2D eigenvalue weighted by Gasteiger charge is 2.24. The Balaban J connectivity index is 1.91. The number of amides is 1. The van der Waals surface area contributed by atoms with Gasteiger partial charge in [-0.25, -0.2) is 0 Å². The number of rotatable bonds is 5. The third-order valence-corrected chi connectivity index (χ3v) is 4.23. The molecule has 20 heavy (non-hydrogen) atoms. The summed E-state index contributed by atoms with van der Waals surface area (Å²) in [6, 6.07) is 7.02. The van der Waals surface area contributed by atoms with Gasteiger partial charge < -0.3 is 20.8 Å². The van der Waals surface area contributed by atoms with Crippen molar-refractivity contribution in [2.45, 2.75) is 23.5 Å². The number of aliphatic hydroxyl groups excluding tert-OH is 2. The van der Waals surface area contributed by atoms with E-state index in [1.54, 1.807) is 23.9 Å². The van der Waals surface area contributed by atoms with Gasteiger partial charge in [0.15, 0.2) is 0 Å². The molecule has 0 spiro atoms. The van der Waals surface area contributed by atoms with Crippen molar-refractivity contribution in [2.24, 2.45) is 0 Å². The standard InChI is InChI=1S/C14H20N2O3S/c17-7-8-20-11-3-1-10(2-4-11)14(19)16-12-9-15-6-5-13(12)18/h1-4,12-13,15,17-18H,5-9H2,(H,16,19)/t12-,13+/m0/s1. The molecule has 4 N–H and O–H groups in total. The van der Waals surface area contributed by atoms with Crippen molar-refractivity contribution in [1.82, 2.24) is 10.6 Å². The average molecular weight is 296 g/mol. The van der Waals surface area contributed by atoms with Crippen molar-refractivity contribution in [3.8, 4) is 0 Å². The van der Waals surface area contributed by atoms with E-state index in [0.717, 1.165) is 11.4 Å². The van der Waals surface area contributed by atoms with E-state index in [1.165, 1.54) is 0 Å². The highest BCUT2D eigenvalue weighted by Crippen LogP contribution is 2.18. The van der Waals surface area contributed by atoms with Gasteiger partial charge in [-0.15, -0.1) is 11.8 Å². The molecule has 5 nitrogen and oxygen atoms in total. The van der Waals surface area contributed by atoms with Gasteiger partial charge in [0.05, 0.1) is 18.8 Å². The Labute approximate surface area is 122 Å². The van der Waals surface area contributed by atoms with E-state index in [4.69, 9.17) is 5.11 Å². The van der Waals surface area contributed by atoms with Gasteiger partial charge in [0, 0.05) is 22.8 Å². The van der Waals surface area contributed by atoms with Crippen LogP contribution in [-0.2, 0) is 0 Å². The molecule has 1 aromatic rings. The molecule has 0 radical (unpaired) electrons. The van der Waals surface area contributed by atoms with Gasteiger partial charge in [0.2, 0.25) is 0 Å². The van der Waals surface area contributed by atoms with Gasteiger partial charge in [0.1, 0.15) is 0 Å². The number of benzene rings is 1. The number of piperidine rings is 1. The highest BCUT2D eigenvalue weighted by atomic mass is 32.2. The van der Waals surface area contributed by atoms with E-state index in [2.05, 4.69) is 10.6 Å². The lowest BCUT2D eigenvalue weighted by Crippen LogP contribution is -2.53. The van der Waals surface area contributed by atoms with Crippen LogP contribution in [0.15, 0.2) is 29.2 Å². The van der Waals surface area contributed by atoms with Gasteiger partial charge in [-0.3, -0.25) is 4.79 Å². The van der Waals surface area contributed by atoms with Crippen LogP contribution in [0.1, 0.15) is 16.8 Å². The molecule has 1 aromatic carbocycles. The van der Waals surface area contributed by atoms with Crippen LogP contribution in [0.5, 0.6) is 0 Å². The lowest BCUT2D eigenvalue weighted by atomic mass is 10.0. The second-order valence-electron chi connectivity index (χ2n) is 4.74. The van der Waals surface area contributed by atoms with Crippen LogP contribution in [-0.4, -0.2) is 53.7 Å². The number of thioether (sulfide) groups is 1. The second-order valence-corrected chi connectivity index (χ2v) is 5.90. The molecule has 1 amide bonds. The number of carbonyl (C=O) groups excluding carboxylic acids is 1. The summed E-state index contributed by atoms with van der Waals surface area (Å²) in [6.07, 6.45) is 0.168. The number of hydrogen-bond acceptors (Lipinski definition) is 5. The largest absolute Gasteiger partial charge is 0.396 e.